The van der Waals surface area contributed by atoms with E-state index in [2.05, 4.69) is 12.6 Å². The predicted molar refractivity (Wildman–Crippen MR) is 144 cm³/mol. The first-order chi connectivity index (χ1) is 18.8. The molecular formula is C29H22F6N2OS2. The molecule has 208 valence electrons. The van der Waals surface area contributed by atoms with Gasteiger partial charge >= 0.3 is 17.8 Å². The largest absolute Gasteiger partial charge is 0.497 e. The second-order valence-electron chi connectivity index (χ2n) is 9.47. The Bertz CT molecular complexity index is 1500. The first kappa shape index (κ1) is 29.6. The standard InChI is InChI=1S/C29H22F6N2OS2/c1-16(13-36)22(26(39)19-7-9-21(38-2)10-8-19)12-23-25(28(32,33)29(34,35)27(23,30)31)20-11-24(40-15-20)18-5-3-17(14-37)4-6-18/h3-11,15-16,22,26,39H,12H2,1-2H3/t16-,22?,26+/m1/s1. The minimum Gasteiger partial charge on any atom is -0.497 e. The van der Waals surface area contributed by atoms with E-state index in [1.165, 1.54) is 26.2 Å². The molecule has 2 aromatic carbocycles. The number of methoxy groups -OCH3 is 1. The van der Waals surface area contributed by atoms with E-state index in [1.807, 2.05) is 12.1 Å². The lowest BCUT2D eigenvalue weighted by molar-refractivity contribution is -0.260. The van der Waals surface area contributed by atoms with Gasteiger partial charge in [-0.1, -0.05) is 24.3 Å². The highest BCUT2D eigenvalue weighted by molar-refractivity contribution is 7.80. The second kappa shape index (κ2) is 10.9. The fourth-order valence-corrected chi connectivity index (χ4v) is 6.19. The van der Waals surface area contributed by atoms with Crippen molar-refractivity contribution in [3.63, 3.8) is 0 Å². The van der Waals surface area contributed by atoms with Crippen LogP contribution in [0.15, 0.2) is 65.6 Å². The maximum atomic E-state index is 15.3. The van der Waals surface area contributed by atoms with Gasteiger partial charge in [0, 0.05) is 27.2 Å². The number of ether oxygens (including phenoxy) is 1. The molecule has 0 N–H and O–H groups in total. The van der Waals surface area contributed by atoms with Crippen molar-refractivity contribution in [1.82, 2.24) is 0 Å². The van der Waals surface area contributed by atoms with Crippen LogP contribution in [-0.4, -0.2) is 24.9 Å². The van der Waals surface area contributed by atoms with E-state index in [1.54, 1.807) is 36.4 Å². The van der Waals surface area contributed by atoms with E-state index in [-0.39, 0.29) is 0 Å². The number of thiol groups is 1. The molecule has 11 heteroatoms. The highest BCUT2D eigenvalue weighted by Gasteiger charge is 2.80. The van der Waals surface area contributed by atoms with E-state index in [4.69, 9.17) is 10.00 Å². The second-order valence-corrected chi connectivity index (χ2v) is 10.9. The summed E-state index contributed by atoms with van der Waals surface area (Å²) in [6, 6.07) is 17.5. The van der Waals surface area contributed by atoms with Crippen LogP contribution in [0.4, 0.5) is 26.3 Å². The summed E-state index contributed by atoms with van der Waals surface area (Å²) in [5.74, 6) is -17.7. The third-order valence-corrected chi connectivity index (χ3v) is 8.78. The molecule has 0 fully saturated rings. The van der Waals surface area contributed by atoms with Crippen molar-refractivity contribution < 1.29 is 31.1 Å². The van der Waals surface area contributed by atoms with E-state index in [0.717, 1.165) is 22.8 Å². The number of benzene rings is 2. The summed E-state index contributed by atoms with van der Waals surface area (Å²) in [4.78, 5) is 0.368. The molecule has 0 spiro atoms. The molecule has 0 bridgehead atoms. The van der Waals surface area contributed by atoms with Gasteiger partial charge in [-0.3, -0.25) is 0 Å². The van der Waals surface area contributed by atoms with E-state index in [9.17, 15) is 14.0 Å². The van der Waals surface area contributed by atoms with Crippen LogP contribution in [0.5, 0.6) is 5.75 Å². The molecule has 0 aliphatic heterocycles. The Morgan fingerprint density at radius 2 is 1.55 bits per heavy atom. The molecule has 1 aromatic heterocycles. The van der Waals surface area contributed by atoms with Gasteiger partial charge in [-0.2, -0.15) is 49.5 Å². The molecule has 40 heavy (non-hydrogen) atoms. The Morgan fingerprint density at radius 1 is 0.925 bits per heavy atom. The van der Waals surface area contributed by atoms with Crippen LogP contribution in [0.25, 0.3) is 16.0 Å². The first-order valence-corrected chi connectivity index (χ1v) is 13.4. The Hall–Kier alpha value is -3.41. The number of rotatable bonds is 8. The molecule has 1 heterocycles. The van der Waals surface area contributed by atoms with Gasteiger partial charge in [-0.25, -0.2) is 0 Å². The Morgan fingerprint density at radius 3 is 2.10 bits per heavy atom. The zero-order chi connectivity index (χ0) is 29.5. The van der Waals surface area contributed by atoms with E-state index < -0.39 is 58.0 Å². The van der Waals surface area contributed by atoms with Crippen LogP contribution < -0.4 is 4.74 Å². The maximum absolute atomic E-state index is 15.3. The molecule has 3 nitrogen and oxygen atoms in total. The van der Waals surface area contributed by atoms with Gasteiger partial charge in [0.15, 0.2) is 0 Å². The molecule has 1 aliphatic carbocycles. The Labute approximate surface area is 236 Å². The number of hydrogen-bond donors (Lipinski definition) is 1. The zero-order valence-electron chi connectivity index (χ0n) is 21.1. The highest BCUT2D eigenvalue weighted by atomic mass is 32.1. The van der Waals surface area contributed by atoms with E-state index >= 15 is 17.6 Å². The van der Waals surface area contributed by atoms with Gasteiger partial charge in [0.2, 0.25) is 0 Å². The number of halogens is 6. The lowest BCUT2D eigenvalue weighted by Gasteiger charge is -2.29. The topological polar surface area (TPSA) is 56.8 Å². The number of hydrogen-bond acceptors (Lipinski definition) is 5. The lowest BCUT2D eigenvalue weighted by atomic mass is 9.81. The third-order valence-electron chi connectivity index (χ3n) is 7.12. The van der Waals surface area contributed by atoms with Crippen LogP contribution in [0.2, 0.25) is 0 Å². The van der Waals surface area contributed by atoms with Crippen molar-refractivity contribution in [3.05, 3.63) is 82.2 Å². The van der Waals surface area contributed by atoms with Crippen LogP contribution in [0.3, 0.4) is 0 Å². The normalized spacial score (nSPS) is 19.4. The van der Waals surface area contributed by atoms with Crippen molar-refractivity contribution in [3.8, 4) is 28.3 Å². The van der Waals surface area contributed by atoms with Crippen molar-refractivity contribution in [2.75, 3.05) is 7.11 Å². The summed E-state index contributed by atoms with van der Waals surface area (Å²) in [7, 11) is 1.45. The third kappa shape index (κ3) is 4.86. The Balaban J connectivity index is 1.83. The number of nitriles is 2. The molecule has 1 unspecified atom stereocenters. The predicted octanol–water partition coefficient (Wildman–Crippen LogP) is 8.81. The molecule has 0 radical (unpaired) electrons. The Kier molecular flexibility index (Phi) is 8.04. The monoisotopic (exact) mass is 592 g/mol. The van der Waals surface area contributed by atoms with Crippen LogP contribution in [0.1, 0.15) is 35.3 Å². The van der Waals surface area contributed by atoms with Gasteiger partial charge in [-0.05, 0) is 71.7 Å². The van der Waals surface area contributed by atoms with Crippen molar-refractivity contribution in [2.24, 2.45) is 11.8 Å². The van der Waals surface area contributed by atoms with Crippen LogP contribution in [-0.2, 0) is 0 Å². The van der Waals surface area contributed by atoms with E-state index in [0.29, 0.717) is 27.3 Å². The number of nitrogens with zero attached hydrogens (tertiary/aromatic N) is 2. The van der Waals surface area contributed by atoms with Crippen LogP contribution in [0, 0.1) is 34.5 Å². The van der Waals surface area contributed by atoms with Gasteiger partial charge in [0.1, 0.15) is 5.75 Å². The smallest absolute Gasteiger partial charge is 0.380 e. The summed E-state index contributed by atoms with van der Waals surface area (Å²) in [5, 5.41) is 18.8. The molecule has 0 saturated heterocycles. The number of alkyl halides is 6. The number of thiophene rings is 1. The molecule has 0 amide bonds. The fourth-order valence-electron chi connectivity index (χ4n) is 4.75. The van der Waals surface area contributed by atoms with Gasteiger partial charge in [0.05, 0.1) is 24.8 Å². The minimum atomic E-state index is -5.69. The molecule has 3 aromatic rings. The van der Waals surface area contributed by atoms with Gasteiger partial charge in [0.25, 0.3) is 0 Å². The fraction of sp³-hybridized carbons (Fsp3) is 0.310. The average molecular weight is 593 g/mol. The van der Waals surface area contributed by atoms with Gasteiger partial charge < -0.3 is 4.74 Å². The highest BCUT2D eigenvalue weighted by Crippen LogP contribution is 2.64. The summed E-state index contributed by atoms with van der Waals surface area (Å²) in [5.41, 5.74) is -1.97. The summed E-state index contributed by atoms with van der Waals surface area (Å²) < 4.78 is 95.7. The summed E-state index contributed by atoms with van der Waals surface area (Å²) in [6.45, 7) is 1.41. The molecule has 0 saturated carbocycles. The van der Waals surface area contributed by atoms with Crippen molar-refractivity contribution in [1.29, 1.82) is 10.5 Å². The van der Waals surface area contributed by atoms with Crippen molar-refractivity contribution >= 4 is 29.5 Å². The average Bonchev–Trinajstić information content (AvgIpc) is 3.46. The van der Waals surface area contributed by atoms with Crippen molar-refractivity contribution in [2.45, 2.75) is 36.4 Å². The van der Waals surface area contributed by atoms with Gasteiger partial charge in [-0.15, -0.1) is 11.3 Å². The molecule has 3 atom stereocenters. The summed E-state index contributed by atoms with van der Waals surface area (Å²) >= 11 is 5.44. The number of allylic oxidation sites excluding steroid dienone is 2. The quantitative estimate of drug-likeness (QED) is 0.210. The summed E-state index contributed by atoms with van der Waals surface area (Å²) in [6.07, 6.45) is -0.912. The SMILES string of the molecule is COc1ccc([C@H](S)C(CC2=C(c3csc(-c4ccc(C#N)cc4)c3)C(F)(F)C(F)(F)C2(F)F)[C@H](C)C#N)cc1. The molecule has 4 rings (SSSR count). The zero-order valence-corrected chi connectivity index (χ0v) is 22.8. The molecule has 1 aliphatic rings. The maximum Gasteiger partial charge on any atom is 0.380 e. The molecular weight excluding hydrogens is 570 g/mol. The lowest BCUT2D eigenvalue weighted by Crippen LogP contribution is -2.49. The minimum absolute atomic E-state index is 0.350. The van der Waals surface area contributed by atoms with Crippen LogP contribution >= 0.6 is 24.0 Å². The first-order valence-electron chi connectivity index (χ1n) is 12.0.